The Hall–Kier alpha value is -0.790. The molecule has 1 N–H and O–H groups in total. The molecule has 0 aromatic heterocycles. The number of rotatable bonds is 1. The van der Waals surface area contributed by atoms with Crippen molar-refractivity contribution >= 4 is 17.2 Å². The normalized spacial score (nSPS) is 22.0. The van der Waals surface area contributed by atoms with Crippen LogP contribution in [0, 0.1) is 0 Å². The van der Waals surface area contributed by atoms with Crippen LogP contribution in [0.1, 0.15) is 31.2 Å². The number of aliphatic hydroxyl groups excluding tert-OH is 1. The third-order valence-electron chi connectivity index (χ3n) is 2.78. The van der Waals surface area contributed by atoms with Gasteiger partial charge >= 0.3 is 0 Å². The molecule has 0 saturated carbocycles. The molecule has 15 heavy (non-hydrogen) atoms. The minimum absolute atomic E-state index is 0.290. The van der Waals surface area contributed by atoms with E-state index in [2.05, 4.69) is 6.07 Å². The summed E-state index contributed by atoms with van der Waals surface area (Å²) < 4.78 is 0. The topological polar surface area (TPSA) is 20.2 Å². The van der Waals surface area contributed by atoms with Gasteiger partial charge in [0.1, 0.15) is 0 Å². The van der Waals surface area contributed by atoms with Crippen LogP contribution in [0.3, 0.4) is 0 Å². The second-order valence-corrected chi connectivity index (χ2v) is 4.45. The molecule has 1 atom stereocenters. The molecule has 2 rings (SSSR count). The lowest BCUT2D eigenvalue weighted by molar-refractivity contribution is 0.211. The van der Waals surface area contributed by atoms with Gasteiger partial charge in [0.05, 0.1) is 6.10 Å². The Morgan fingerprint density at radius 2 is 2.13 bits per heavy atom. The third kappa shape index (κ3) is 2.83. The van der Waals surface area contributed by atoms with Crippen LogP contribution in [0.4, 0.5) is 0 Å². The van der Waals surface area contributed by atoms with Crippen LogP contribution in [0.15, 0.2) is 30.3 Å². The maximum Gasteiger partial charge on any atom is 0.0726 e. The van der Waals surface area contributed by atoms with Crippen molar-refractivity contribution in [2.24, 2.45) is 0 Å². The lowest BCUT2D eigenvalue weighted by Gasteiger charge is -2.06. The Morgan fingerprint density at radius 3 is 2.93 bits per heavy atom. The van der Waals surface area contributed by atoms with Gasteiger partial charge in [-0.2, -0.15) is 0 Å². The van der Waals surface area contributed by atoms with Crippen molar-refractivity contribution in [2.75, 3.05) is 0 Å². The van der Waals surface area contributed by atoms with Crippen LogP contribution < -0.4 is 0 Å². The van der Waals surface area contributed by atoms with E-state index in [1.807, 2.05) is 24.3 Å². The van der Waals surface area contributed by atoms with Crippen molar-refractivity contribution in [3.8, 4) is 0 Å². The maximum absolute atomic E-state index is 9.68. The summed E-state index contributed by atoms with van der Waals surface area (Å²) in [5.74, 6) is 0. The number of allylic oxidation sites excluding steroid dienone is 1. The Morgan fingerprint density at radius 1 is 1.27 bits per heavy atom. The van der Waals surface area contributed by atoms with Gasteiger partial charge in [0.25, 0.3) is 0 Å². The van der Waals surface area contributed by atoms with Gasteiger partial charge in [0, 0.05) is 5.02 Å². The predicted molar refractivity (Wildman–Crippen MR) is 63.9 cm³/mol. The standard InChI is InChI=1S/C13H15ClO/c14-12-6-3-5-10(8-12)11-4-1-2-7-13(15)9-11/h3,5-6,8-9,13,15H,1-2,4,7H2. The number of benzene rings is 1. The van der Waals surface area contributed by atoms with E-state index in [1.165, 1.54) is 5.57 Å². The van der Waals surface area contributed by atoms with Crippen molar-refractivity contribution in [1.82, 2.24) is 0 Å². The molecule has 1 aromatic carbocycles. The van der Waals surface area contributed by atoms with E-state index in [1.54, 1.807) is 0 Å². The van der Waals surface area contributed by atoms with Gasteiger partial charge in [-0.3, -0.25) is 0 Å². The van der Waals surface area contributed by atoms with E-state index < -0.39 is 0 Å². The van der Waals surface area contributed by atoms with Crippen LogP contribution >= 0.6 is 11.6 Å². The fourth-order valence-corrected chi connectivity index (χ4v) is 2.19. The Bertz CT molecular complexity index is 371. The van der Waals surface area contributed by atoms with E-state index >= 15 is 0 Å². The lowest BCUT2D eigenvalue weighted by atomic mass is 10.0. The molecule has 0 heterocycles. The van der Waals surface area contributed by atoms with Crippen molar-refractivity contribution in [1.29, 1.82) is 0 Å². The number of aliphatic hydroxyl groups is 1. The summed E-state index contributed by atoms with van der Waals surface area (Å²) in [4.78, 5) is 0. The molecule has 80 valence electrons. The SMILES string of the molecule is OC1C=C(c2cccc(Cl)c2)CCCC1. The monoisotopic (exact) mass is 222 g/mol. The molecule has 0 fully saturated rings. The highest BCUT2D eigenvalue weighted by molar-refractivity contribution is 6.30. The molecule has 0 amide bonds. The average molecular weight is 223 g/mol. The molecule has 1 unspecified atom stereocenters. The number of hydrogen-bond acceptors (Lipinski definition) is 1. The fraction of sp³-hybridized carbons (Fsp3) is 0.385. The minimum atomic E-state index is -0.290. The summed E-state index contributed by atoms with van der Waals surface area (Å²) in [7, 11) is 0. The third-order valence-corrected chi connectivity index (χ3v) is 3.02. The van der Waals surface area contributed by atoms with Crippen LogP contribution in [0.25, 0.3) is 5.57 Å². The first-order valence-electron chi connectivity index (χ1n) is 5.40. The van der Waals surface area contributed by atoms with Gasteiger partial charge < -0.3 is 5.11 Å². The molecule has 1 aromatic rings. The van der Waals surface area contributed by atoms with Crippen molar-refractivity contribution in [2.45, 2.75) is 31.8 Å². The smallest absolute Gasteiger partial charge is 0.0726 e. The maximum atomic E-state index is 9.68. The van der Waals surface area contributed by atoms with Crippen LogP contribution in [-0.2, 0) is 0 Å². The Balaban J connectivity index is 2.28. The van der Waals surface area contributed by atoms with Gasteiger partial charge in [0.15, 0.2) is 0 Å². The van der Waals surface area contributed by atoms with Gasteiger partial charge in [0.2, 0.25) is 0 Å². The highest BCUT2D eigenvalue weighted by atomic mass is 35.5. The molecule has 0 bridgehead atoms. The molecule has 1 aliphatic carbocycles. The first-order valence-corrected chi connectivity index (χ1v) is 5.78. The predicted octanol–water partition coefficient (Wildman–Crippen LogP) is 3.66. The summed E-state index contributed by atoms with van der Waals surface area (Å²) in [5, 5.41) is 10.4. The molecule has 0 radical (unpaired) electrons. The highest BCUT2D eigenvalue weighted by Gasteiger charge is 2.10. The summed E-state index contributed by atoms with van der Waals surface area (Å²) in [6, 6.07) is 7.84. The minimum Gasteiger partial charge on any atom is -0.389 e. The molecular weight excluding hydrogens is 208 g/mol. The molecular formula is C13H15ClO. The zero-order valence-corrected chi connectivity index (χ0v) is 9.37. The van der Waals surface area contributed by atoms with Gasteiger partial charge in [-0.05, 0) is 42.5 Å². The Labute approximate surface area is 95.4 Å². The zero-order chi connectivity index (χ0) is 10.7. The van der Waals surface area contributed by atoms with E-state index in [-0.39, 0.29) is 6.10 Å². The lowest BCUT2D eigenvalue weighted by Crippen LogP contribution is -2.00. The van der Waals surface area contributed by atoms with E-state index in [9.17, 15) is 5.11 Å². The van der Waals surface area contributed by atoms with Crippen LogP contribution in [0.2, 0.25) is 5.02 Å². The van der Waals surface area contributed by atoms with E-state index in [0.717, 1.165) is 36.3 Å². The highest BCUT2D eigenvalue weighted by Crippen LogP contribution is 2.27. The second kappa shape index (κ2) is 4.82. The summed E-state index contributed by atoms with van der Waals surface area (Å²) >= 11 is 5.95. The van der Waals surface area contributed by atoms with E-state index in [0.29, 0.717) is 0 Å². The number of hydrogen-bond donors (Lipinski definition) is 1. The summed E-state index contributed by atoms with van der Waals surface area (Å²) in [6.07, 6.45) is 5.85. The van der Waals surface area contributed by atoms with Gasteiger partial charge in [-0.15, -0.1) is 0 Å². The Kier molecular flexibility index (Phi) is 3.45. The largest absolute Gasteiger partial charge is 0.389 e. The van der Waals surface area contributed by atoms with Crippen molar-refractivity contribution in [3.05, 3.63) is 40.9 Å². The first-order chi connectivity index (χ1) is 7.25. The second-order valence-electron chi connectivity index (χ2n) is 4.02. The zero-order valence-electron chi connectivity index (χ0n) is 8.62. The molecule has 1 nitrogen and oxygen atoms in total. The van der Waals surface area contributed by atoms with Crippen molar-refractivity contribution < 1.29 is 5.11 Å². The quantitative estimate of drug-likeness (QED) is 0.769. The van der Waals surface area contributed by atoms with Crippen LogP contribution in [0.5, 0.6) is 0 Å². The van der Waals surface area contributed by atoms with Gasteiger partial charge in [-0.25, -0.2) is 0 Å². The number of halogens is 1. The molecule has 2 heteroatoms. The average Bonchev–Trinajstić information content (AvgIpc) is 2.43. The molecule has 1 aliphatic rings. The molecule has 0 aliphatic heterocycles. The summed E-state index contributed by atoms with van der Waals surface area (Å²) in [6.45, 7) is 0. The summed E-state index contributed by atoms with van der Waals surface area (Å²) in [5.41, 5.74) is 2.37. The van der Waals surface area contributed by atoms with Crippen molar-refractivity contribution in [3.63, 3.8) is 0 Å². The molecule has 0 spiro atoms. The van der Waals surface area contributed by atoms with Crippen LogP contribution in [-0.4, -0.2) is 11.2 Å². The fourth-order valence-electron chi connectivity index (χ4n) is 2.00. The first kappa shape index (κ1) is 10.7. The van der Waals surface area contributed by atoms with Gasteiger partial charge in [-0.1, -0.05) is 36.2 Å². The van der Waals surface area contributed by atoms with E-state index in [4.69, 9.17) is 11.6 Å². The molecule has 0 saturated heterocycles.